The van der Waals surface area contributed by atoms with Crippen LogP contribution in [-0.4, -0.2) is 9.97 Å². The summed E-state index contributed by atoms with van der Waals surface area (Å²) in [7, 11) is 0. The minimum Gasteiger partial charge on any atom is -0.437 e. The fourth-order valence-electron chi connectivity index (χ4n) is 2.03. The quantitative estimate of drug-likeness (QED) is 0.793. The normalized spacial score (nSPS) is 10.3. The van der Waals surface area contributed by atoms with E-state index in [2.05, 4.69) is 22.1 Å². The number of nitrogen functional groups attached to an aromatic ring is 1. The van der Waals surface area contributed by atoms with Crippen LogP contribution in [-0.2, 0) is 6.42 Å². The van der Waals surface area contributed by atoms with Crippen molar-refractivity contribution in [3.8, 4) is 11.6 Å². The zero-order valence-corrected chi connectivity index (χ0v) is 11.4. The minimum atomic E-state index is 0.376. The lowest BCUT2D eigenvalue weighted by atomic mass is 10.1. The molecule has 0 fully saturated rings. The zero-order chi connectivity index (χ0) is 14.5. The lowest BCUT2D eigenvalue weighted by molar-refractivity contribution is 0.464. The first kappa shape index (κ1) is 13.1. The fraction of sp³-hybridized carbons (Fsp3) is 0.0588. The molecule has 0 aliphatic carbocycles. The van der Waals surface area contributed by atoms with E-state index in [9.17, 15) is 0 Å². The summed E-state index contributed by atoms with van der Waals surface area (Å²) in [5, 5.41) is 0. The maximum atomic E-state index is 5.75. The summed E-state index contributed by atoms with van der Waals surface area (Å²) < 4.78 is 5.64. The maximum Gasteiger partial charge on any atom is 0.245 e. The van der Waals surface area contributed by atoms with E-state index in [1.165, 1.54) is 23.7 Å². The van der Waals surface area contributed by atoms with E-state index in [0.717, 1.165) is 6.42 Å². The van der Waals surface area contributed by atoms with Gasteiger partial charge in [0, 0.05) is 0 Å². The predicted octanol–water partition coefficient (Wildman–Crippen LogP) is 3.44. The van der Waals surface area contributed by atoms with E-state index >= 15 is 0 Å². The number of rotatable bonds is 4. The van der Waals surface area contributed by atoms with Crippen molar-refractivity contribution in [3.63, 3.8) is 0 Å². The second kappa shape index (κ2) is 6.05. The molecule has 4 heteroatoms. The van der Waals surface area contributed by atoms with Crippen molar-refractivity contribution < 1.29 is 4.74 Å². The molecule has 3 rings (SSSR count). The minimum absolute atomic E-state index is 0.376. The first-order valence-corrected chi connectivity index (χ1v) is 6.67. The molecule has 0 spiro atoms. The van der Waals surface area contributed by atoms with E-state index in [4.69, 9.17) is 10.5 Å². The number of benzene rings is 2. The number of ether oxygens (including phenoxy) is 1. The molecule has 2 N–H and O–H groups in total. The number of nitrogens with zero attached hydrogens (tertiary/aromatic N) is 2. The molecule has 0 aliphatic heterocycles. The van der Waals surface area contributed by atoms with Crippen LogP contribution in [0.3, 0.4) is 0 Å². The third kappa shape index (κ3) is 3.36. The lowest BCUT2D eigenvalue weighted by Gasteiger charge is -2.07. The van der Waals surface area contributed by atoms with Gasteiger partial charge in [-0.25, -0.2) is 4.98 Å². The van der Waals surface area contributed by atoms with Crippen molar-refractivity contribution in [2.45, 2.75) is 6.42 Å². The molecule has 3 aromatic rings. The molecular formula is C17H15N3O. The van der Waals surface area contributed by atoms with Gasteiger partial charge in [-0.2, -0.15) is 4.98 Å². The van der Waals surface area contributed by atoms with Crippen LogP contribution in [0, 0.1) is 0 Å². The number of nitrogens with two attached hydrogens (primary N) is 1. The molecule has 0 saturated carbocycles. The molecule has 0 radical (unpaired) electrons. The summed E-state index contributed by atoms with van der Waals surface area (Å²) in [5.41, 5.74) is 8.68. The Morgan fingerprint density at radius 3 is 2.33 bits per heavy atom. The predicted molar refractivity (Wildman–Crippen MR) is 82.2 cm³/mol. The second-order valence-electron chi connectivity index (χ2n) is 4.69. The molecule has 0 atom stereocenters. The van der Waals surface area contributed by atoms with Gasteiger partial charge in [0.1, 0.15) is 17.8 Å². The Morgan fingerprint density at radius 1 is 0.905 bits per heavy atom. The van der Waals surface area contributed by atoms with Crippen LogP contribution in [0.15, 0.2) is 67.1 Å². The lowest BCUT2D eigenvalue weighted by Crippen LogP contribution is -1.96. The largest absolute Gasteiger partial charge is 0.437 e. The summed E-state index contributed by atoms with van der Waals surface area (Å²) in [6.07, 6.45) is 3.83. The summed E-state index contributed by atoms with van der Waals surface area (Å²) >= 11 is 0. The van der Waals surface area contributed by atoms with Crippen molar-refractivity contribution in [1.29, 1.82) is 0 Å². The maximum absolute atomic E-state index is 5.75. The monoisotopic (exact) mass is 277 g/mol. The standard InChI is InChI=1S/C17H15N3O/c18-16-11-19-12-20-17(16)21-15-8-6-14(7-9-15)10-13-4-2-1-3-5-13/h1-9,11-12H,10,18H2. The van der Waals surface area contributed by atoms with E-state index in [1.54, 1.807) is 0 Å². The first-order valence-electron chi connectivity index (χ1n) is 6.67. The zero-order valence-electron chi connectivity index (χ0n) is 11.4. The number of aromatic nitrogens is 2. The molecule has 1 heterocycles. The van der Waals surface area contributed by atoms with Gasteiger partial charge in [0.25, 0.3) is 0 Å². The number of anilines is 1. The Bertz CT molecular complexity index is 712. The molecule has 4 nitrogen and oxygen atoms in total. The van der Waals surface area contributed by atoms with Crippen LogP contribution in [0.25, 0.3) is 0 Å². The van der Waals surface area contributed by atoms with Gasteiger partial charge in [-0.15, -0.1) is 0 Å². The van der Waals surface area contributed by atoms with Crippen molar-refractivity contribution >= 4 is 5.69 Å². The first-order chi connectivity index (χ1) is 10.3. The van der Waals surface area contributed by atoms with Gasteiger partial charge in [0.05, 0.1) is 6.20 Å². The highest BCUT2D eigenvalue weighted by atomic mass is 16.5. The Balaban J connectivity index is 1.71. The van der Waals surface area contributed by atoms with Crippen molar-refractivity contribution in [1.82, 2.24) is 9.97 Å². The Kier molecular flexibility index (Phi) is 3.78. The van der Waals surface area contributed by atoms with Crippen LogP contribution >= 0.6 is 0 Å². The topological polar surface area (TPSA) is 61.0 Å². The molecular weight excluding hydrogens is 262 g/mol. The molecule has 2 aromatic carbocycles. The smallest absolute Gasteiger partial charge is 0.245 e. The van der Waals surface area contributed by atoms with E-state index < -0.39 is 0 Å². The molecule has 0 unspecified atom stereocenters. The Morgan fingerprint density at radius 2 is 1.62 bits per heavy atom. The SMILES string of the molecule is Nc1cncnc1Oc1ccc(Cc2ccccc2)cc1. The van der Waals surface area contributed by atoms with Gasteiger partial charge in [-0.1, -0.05) is 42.5 Å². The molecule has 0 saturated heterocycles. The fourth-order valence-corrected chi connectivity index (χ4v) is 2.03. The molecule has 104 valence electrons. The van der Waals surface area contributed by atoms with E-state index in [-0.39, 0.29) is 0 Å². The van der Waals surface area contributed by atoms with Gasteiger partial charge in [-0.05, 0) is 29.7 Å². The van der Waals surface area contributed by atoms with Crippen LogP contribution in [0.5, 0.6) is 11.6 Å². The summed E-state index contributed by atoms with van der Waals surface area (Å²) in [4.78, 5) is 7.84. The van der Waals surface area contributed by atoms with Gasteiger partial charge in [-0.3, -0.25) is 0 Å². The molecule has 0 aliphatic rings. The summed E-state index contributed by atoms with van der Waals surface area (Å²) in [6, 6.07) is 18.3. The highest BCUT2D eigenvalue weighted by Crippen LogP contribution is 2.24. The van der Waals surface area contributed by atoms with Crippen LogP contribution in [0.1, 0.15) is 11.1 Å². The van der Waals surface area contributed by atoms with Crippen molar-refractivity contribution in [2.24, 2.45) is 0 Å². The summed E-state index contributed by atoms with van der Waals surface area (Å²) in [6.45, 7) is 0. The number of hydrogen-bond donors (Lipinski definition) is 1. The third-order valence-electron chi connectivity index (χ3n) is 3.09. The molecule has 21 heavy (non-hydrogen) atoms. The third-order valence-corrected chi connectivity index (χ3v) is 3.09. The summed E-state index contributed by atoms with van der Waals surface area (Å²) in [5.74, 6) is 1.08. The van der Waals surface area contributed by atoms with Gasteiger partial charge in [0.15, 0.2) is 0 Å². The highest BCUT2D eigenvalue weighted by molar-refractivity contribution is 5.47. The van der Waals surface area contributed by atoms with Gasteiger partial charge < -0.3 is 10.5 Å². The Hall–Kier alpha value is -2.88. The van der Waals surface area contributed by atoms with Crippen LogP contribution < -0.4 is 10.5 Å². The van der Waals surface area contributed by atoms with Gasteiger partial charge >= 0.3 is 0 Å². The van der Waals surface area contributed by atoms with Crippen LogP contribution in [0.2, 0.25) is 0 Å². The Labute approximate surface area is 123 Å². The van der Waals surface area contributed by atoms with Crippen molar-refractivity contribution in [3.05, 3.63) is 78.2 Å². The molecule has 0 bridgehead atoms. The van der Waals surface area contributed by atoms with E-state index in [1.807, 2.05) is 42.5 Å². The van der Waals surface area contributed by atoms with Crippen LogP contribution in [0.4, 0.5) is 5.69 Å². The average Bonchev–Trinajstić information content (AvgIpc) is 2.52. The second-order valence-corrected chi connectivity index (χ2v) is 4.69. The number of hydrogen-bond acceptors (Lipinski definition) is 4. The average molecular weight is 277 g/mol. The van der Waals surface area contributed by atoms with E-state index in [0.29, 0.717) is 17.3 Å². The molecule has 1 aromatic heterocycles. The van der Waals surface area contributed by atoms with Gasteiger partial charge in [0.2, 0.25) is 5.88 Å². The highest BCUT2D eigenvalue weighted by Gasteiger charge is 2.03. The van der Waals surface area contributed by atoms with Crippen molar-refractivity contribution in [2.75, 3.05) is 5.73 Å². The molecule has 0 amide bonds.